The number of para-hydroxylation sites is 1. The highest BCUT2D eigenvalue weighted by Crippen LogP contribution is 2.20. The molecule has 0 aliphatic rings. The molecule has 1 N–H and O–H groups in total. The van der Waals surface area contributed by atoms with Crippen LogP contribution in [0.1, 0.15) is 5.56 Å². The number of carbonyl (C=O) groups excluding carboxylic acids is 2. The fraction of sp³-hybridized carbons (Fsp3) is 0.0909. The second-order valence-electron chi connectivity index (χ2n) is 2.89. The predicted molar refractivity (Wildman–Crippen MR) is 54.8 cm³/mol. The Balaban J connectivity index is 3.10. The SMILES string of the molecule is O=C=Nc1ccccc1CC(=C=O)C(=O)O. The molecule has 0 atom stereocenters. The van der Waals surface area contributed by atoms with Gasteiger partial charge in [0, 0.05) is 6.42 Å². The molecule has 0 radical (unpaired) electrons. The van der Waals surface area contributed by atoms with E-state index in [1.165, 1.54) is 18.1 Å². The van der Waals surface area contributed by atoms with Crippen LogP contribution in [0.3, 0.4) is 0 Å². The normalized spacial score (nSPS) is 8.75. The van der Waals surface area contributed by atoms with Crippen molar-refractivity contribution in [1.82, 2.24) is 0 Å². The Kier molecular flexibility index (Phi) is 3.92. The largest absolute Gasteiger partial charge is 0.477 e. The fourth-order valence-corrected chi connectivity index (χ4v) is 1.16. The van der Waals surface area contributed by atoms with Gasteiger partial charge in [-0.3, -0.25) is 0 Å². The molecule has 1 rings (SSSR count). The van der Waals surface area contributed by atoms with Crippen molar-refractivity contribution in [2.24, 2.45) is 4.99 Å². The molecule has 0 aliphatic carbocycles. The van der Waals surface area contributed by atoms with Crippen LogP contribution in [-0.2, 0) is 20.8 Å². The summed E-state index contributed by atoms with van der Waals surface area (Å²) < 4.78 is 0. The highest BCUT2D eigenvalue weighted by Gasteiger charge is 2.11. The van der Waals surface area contributed by atoms with E-state index in [-0.39, 0.29) is 6.42 Å². The summed E-state index contributed by atoms with van der Waals surface area (Å²) in [6.45, 7) is 0. The first-order valence-electron chi connectivity index (χ1n) is 4.32. The van der Waals surface area contributed by atoms with Gasteiger partial charge in [-0.1, -0.05) is 18.2 Å². The Labute approximate surface area is 90.7 Å². The van der Waals surface area contributed by atoms with Gasteiger partial charge < -0.3 is 5.11 Å². The van der Waals surface area contributed by atoms with E-state index in [2.05, 4.69) is 4.99 Å². The Morgan fingerprint density at radius 1 is 1.31 bits per heavy atom. The molecule has 0 saturated heterocycles. The van der Waals surface area contributed by atoms with E-state index in [9.17, 15) is 14.4 Å². The first-order valence-corrected chi connectivity index (χ1v) is 4.32. The molecule has 1 aromatic carbocycles. The molecule has 0 aliphatic heterocycles. The van der Waals surface area contributed by atoms with Crippen molar-refractivity contribution in [3.8, 4) is 0 Å². The van der Waals surface area contributed by atoms with Gasteiger partial charge in [-0.15, -0.1) is 0 Å². The van der Waals surface area contributed by atoms with E-state index in [0.29, 0.717) is 11.3 Å². The summed E-state index contributed by atoms with van der Waals surface area (Å²) in [7, 11) is 0. The van der Waals surface area contributed by atoms with Crippen molar-refractivity contribution in [3.05, 3.63) is 35.4 Å². The number of carbonyl (C=O) groups is 1. The maximum atomic E-state index is 10.6. The Bertz CT molecular complexity index is 508. The van der Waals surface area contributed by atoms with Gasteiger partial charge in [-0.25, -0.2) is 14.4 Å². The molecule has 5 heteroatoms. The standard InChI is InChI=1S/C11H7NO4/c13-6-9(11(15)16)5-8-3-1-2-4-10(8)12-7-14/h1-4H,5H2,(H,15,16). The summed E-state index contributed by atoms with van der Waals surface area (Å²) in [6.07, 6.45) is 1.24. The molecule has 0 amide bonds. The van der Waals surface area contributed by atoms with Crippen LogP contribution in [0.2, 0.25) is 0 Å². The molecule has 80 valence electrons. The summed E-state index contributed by atoms with van der Waals surface area (Å²) in [5.74, 6) is 0.0128. The Hall–Kier alpha value is -2.48. The van der Waals surface area contributed by atoms with E-state index in [1.807, 2.05) is 0 Å². The molecule has 0 fully saturated rings. The number of hydrogen-bond acceptors (Lipinski definition) is 4. The van der Waals surface area contributed by atoms with Crippen molar-refractivity contribution in [2.75, 3.05) is 0 Å². The van der Waals surface area contributed by atoms with Crippen LogP contribution in [-0.4, -0.2) is 23.1 Å². The minimum absolute atomic E-state index is 0.125. The lowest BCUT2D eigenvalue weighted by molar-refractivity contribution is -0.132. The third-order valence-electron chi connectivity index (χ3n) is 1.91. The zero-order chi connectivity index (χ0) is 12.0. The second kappa shape index (κ2) is 5.41. The lowest BCUT2D eigenvalue weighted by Gasteiger charge is -2.02. The van der Waals surface area contributed by atoms with Gasteiger partial charge in [0.2, 0.25) is 6.08 Å². The maximum absolute atomic E-state index is 10.6. The van der Waals surface area contributed by atoms with Gasteiger partial charge >= 0.3 is 5.97 Å². The number of isocyanates is 1. The predicted octanol–water partition coefficient (Wildman–Crippen LogP) is 1.04. The summed E-state index contributed by atoms with van der Waals surface area (Å²) in [4.78, 5) is 34.5. The molecule has 0 unspecified atom stereocenters. The minimum Gasteiger partial charge on any atom is -0.477 e. The minimum atomic E-state index is -1.33. The molecule has 1 aromatic rings. The van der Waals surface area contributed by atoms with Crippen LogP contribution in [0.15, 0.2) is 34.8 Å². The first-order chi connectivity index (χ1) is 7.69. The van der Waals surface area contributed by atoms with Gasteiger partial charge in [0.1, 0.15) is 11.5 Å². The van der Waals surface area contributed by atoms with Gasteiger partial charge in [0.25, 0.3) is 0 Å². The molecule has 0 saturated carbocycles. The van der Waals surface area contributed by atoms with Crippen LogP contribution in [0.4, 0.5) is 5.69 Å². The molecule has 16 heavy (non-hydrogen) atoms. The number of rotatable bonds is 4. The molecule has 0 aromatic heterocycles. The number of carboxylic acids is 1. The van der Waals surface area contributed by atoms with E-state index >= 15 is 0 Å². The quantitative estimate of drug-likeness (QED) is 0.353. The third kappa shape index (κ3) is 2.75. The Morgan fingerprint density at radius 3 is 2.56 bits per heavy atom. The maximum Gasteiger partial charge on any atom is 0.343 e. The summed E-state index contributed by atoms with van der Waals surface area (Å²) in [6, 6.07) is 6.41. The van der Waals surface area contributed by atoms with Gasteiger partial charge in [-0.05, 0) is 11.6 Å². The van der Waals surface area contributed by atoms with Crippen LogP contribution >= 0.6 is 0 Å². The van der Waals surface area contributed by atoms with Crippen LogP contribution in [0.25, 0.3) is 0 Å². The summed E-state index contributed by atoms with van der Waals surface area (Å²) in [5, 5.41) is 8.65. The van der Waals surface area contributed by atoms with Gasteiger partial charge in [-0.2, -0.15) is 4.99 Å². The van der Waals surface area contributed by atoms with E-state index < -0.39 is 11.5 Å². The second-order valence-corrected chi connectivity index (χ2v) is 2.89. The smallest absolute Gasteiger partial charge is 0.343 e. The molecule has 5 nitrogen and oxygen atoms in total. The van der Waals surface area contributed by atoms with E-state index in [0.717, 1.165) is 0 Å². The summed E-state index contributed by atoms with van der Waals surface area (Å²) in [5.41, 5.74) is 0.353. The van der Waals surface area contributed by atoms with Gasteiger partial charge in [0.05, 0.1) is 5.69 Å². The zero-order valence-electron chi connectivity index (χ0n) is 8.14. The first kappa shape index (κ1) is 11.6. The van der Waals surface area contributed by atoms with Crippen molar-refractivity contribution < 1.29 is 19.5 Å². The topological polar surface area (TPSA) is 83.8 Å². The number of nitrogens with zero attached hydrogens (tertiary/aromatic N) is 1. The van der Waals surface area contributed by atoms with Crippen molar-refractivity contribution >= 4 is 23.7 Å². The average Bonchev–Trinajstić information content (AvgIpc) is 2.27. The molecule has 0 spiro atoms. The van der Waals surface area contributed by atoms with Crippen molar-refractivity contribution in [3.63, 3.8) is 0 Å². The van der Waals surface area contributed by atoms with Crippen LogP contribution in [0, 0.1) is 0 Å². The number of aliphatic imine (C=N–C) groups is 1. The highest BCUT2D eigenvalue weighted by atomic mass is 16.4. The number of hydrogen-bond donors (Lipinski definition) is 1. The van der Waals surface area contributed by atoms with Gasteiger partial charge in [0.15, 0.2) is 0 Å². The molecular formula is C11H7NO4. The lowest BCUT2D eigenvalue weighted by Crippen LogP contribution is -2.04. The summed E-state index contributed by atoms with van der Waals surface area (Å²) >= 11 is 0. The van der Waals surface area contributed by atoms with E-state index in [4.69, 9.17) is 5.11 Å². The fourth-order valence-electron chi connectivity index (χ4n) is 1.16. The van der Waals surface area contributed by atoms with Crippen molar-refractivity contribution in [2.45, 2.75) is 6.42 Å². The van der Waals surface area contributed by atoms with Crippen LogP contribution in [0.5, 0.6) is 0 Å². The number of benzene rings is 1. The number of aliphatic carboxylic acids is 1. The van der Waals surface area contributed by atoms with E-state index in [1.54, 1.807) is 18.2 Å². The van der Waals surface area contributed by atoms with Crippen molar-refractivity contribution in [1.29, 1.82) is 0 Å². The monoisotopic (exact) mass is 217 g/mol. The molecular weight excluding hydrogens is 210 g/mol. The zero-order valence-corrected chi connectivity index (χ0v) is 8.14. The number of carboxylic acid groups (broad SMARTS) is 1. The Morgan fingerprint density at radius 2 is 2.00 bits per heavy atom. The lowest BCUT2D eigenvalue weighted by atomic mass is 10.0. The van der Waals surface area contributed by atoms with Crippen LogP contribution < -0.4 is 0 Å². The molecule has 0 bridgehead atoms. The highest BCUT2D eigenvalue weighted by molar-refractivity contribution is 5.96. The third-order valence-corrected chi connectivity index (χ3v) is 1.91. The average molecular weight is 217 g/mol. The molecule has 0 heterocycles.